The first kappa shape index (κ1) is 16.5. The van der Waals surface area contributed by atoms with Gasteiger partial charge < -0.3 is 10.2 Å². The van der Waals surface area contributed by atoms with E-state index in [4.69, 9.17) is 16.4 Å². The lowest BCUT2D eigenvalue weighted by Crippen LogP contribution is -2.26. The third-order valence-electron chi connectivity index (χ3n) is 2.80. The number of nitrogens with one attached hydrogen (secondary N) is 1. The second-order valence-corrected chi connectivity index (χ2v) is 5.79. The number of halogens is 2. The highest BCUT2D eigenvalue weighted by Crippen LogP contribution is 2.15. The maximum atomic E-state index is 12.0. The lowest BCUT2D eigenvalue weighted by Gasteiger charge is -2.10. The van der Waals surface area contributed by atoms with E-state index in [0.29, 0.717) is 10.7 Å². The number of carbonyl (C=O) groups excluding carboxylic acids is 1. The third-order valence-corrected chi connectivity index (χ3v) is 3.77. The van der Waals surface area contributed by atoms with E-state index >= 15 is 0 Å². The fourth-order valence-corrected chi connectivity index (χ4v) is 2.10. The van der Waals surface area contributed by atoms with Gasteiger partial charge in [-0.1, -0.05) is 50.9 Å². The van der Waals surface area contributed by atoms with E-state index in [0.717, 1.165) is 10.0 Å². The van der Waals surface area contributed by atoms with E-state index < -0.39 is 6.10 Å². The molecule has 0 unspecified atom stereocenters. The van der Waals surface area contributed by atoms with Gasteiger partial charge in [0.2, 0.25) is 6.10 Å². The van der Waals surface area contributed by atoms with Crippen LogP contribution in [0.5, 0.6) is 0 Å². The van der Waals surface area contributed by atoms with Crippen LogP contribution >= 0.6 is 27.5 Å². The molecule has 0 aliphatic heterocycles. The average molecular weight is 382 g/mol. The first-order chi connectivity index (χ1) is 10.6. The Hall–Kier alpha value is -1.85. The molecule has 6 heteroatoms. The van der Waals surface area contributed by atoms with E-state index in [-0.39, 0.29) is 5.91 Å². The SMILES string of the molecule is C[C@@H](O/N=C\c1ccccc1Br)C(=O)Nc1ccc(Cl)cc1. The summed E-state index contributed by atoms with van der Waals surface area (Å²) in [6.45, 7) is 1.63. The first-order valence-corrected chi connectivity index (χ1v) is 7.73. The molecule has 0 aliphatic carbocycles. The number of nitrogens with zero attached hydrogens (tertiary/aromatic N) is 1. The lowest BCUT2D eigenvalue weighted by molar-refractivity contribution is -0.126. The van der Waals surface area contributed by atoms with Crippen LogP contribution in [0.15, 0.2) is 58.2 Å². The Morgan fingerprint density at radius 2 is 1.95 bits per heavy atom. The summed E-state index contributed by atoms with van der Waals surface area (Å²) in [6.07, 6.45) is 0.838. The van der Waals surface area contributed by atoms with Crippen molar-refractivity contribution in [3.63, 3.8) is 0 Å². The molecule has 0 spiro atoms. The van der Waals surface area contributed by atoms with E-state index in [1.165, 1.54) is 0 Å². The topological polar surface area (TPSA) is 50.7 Å². The molecule has 22 heavy (non-hydrogen) atoms. The Morgan fingerprint density at radius 1 is 1.27 bits per heavy atom. The van der Waals surface area contributed by atoms with Crippen LogP contribution in [0.25, 0.3) is 0 Å². The highest BCUT2D eigenvalue weighted by molar-refractivity contribution is 9.10. The fourth-order valence-electron chi connectivity index (χ4n) is 1.58. The van der Waals surface area contributed by atoms with Crippen molar-refractivity contribution in [3.05, 3.63) is 63.6 Å². The smallest absolute Gasteiger partial charge is 0.267 e. The normalized spacial score (nSPS) is 12.1. The van der Waals surface area contributed by atoms with E-state index in [2.05, 4.69) is 26.4 Å². The van der Waals surface area contributed by atoms with Gasteiger partial charge in [0.05, 0.1) is 6.21 Å². The van der Waals surface area contributed by atoms with Crippen molar-refractivity contribution in [2.75, 3.05) is 5.32 Å². The van der Waals surface area contributed by atoms with Gasteiger partial charge in [-0.15, -0.1) is 0 Å². The Labute approximate surface area is 142 Å². The zero-order valence-corrected chi connectivity index (χ0v) is 14.1. The van der Waals surface area contributed by atoms with Gasteiger partial charge in [0.25, 0.3) is 5.91 Å². The molecule has 0 radical (unpaired) electrons. The summed E-state index contributed by atoms with van der Waals surface area (Å²) in [7, 11) is 0. The number of anilines is 1. The number of rotatable bonds is 5. The summed E-state index contributed by atoms with van der Waals surface area (Å²) in [5.41, 5.74) is 1.52. The molecule has 4 nitrogen and oxygen atoms in total. The van der Waals surface area contributed by atoms with Gasteiger partial charge in [-0.05, 0) is 37.3 Å². The van der Waals surface area contributed by atoms with Crippen LogP contribution < -0.4 is 5.32 Å². The highest BCUT2D eigenvalue weighted by atomic mass is 79.9. The van der Waals surface area contributed by atoms with E-state index in [1.54, 1.807) is 37.4 Å². The van der Waals surface area contributed by atoms with Crippen molar-refractivity contribution in [2.24, 2.45) is 5.16 Å². The van der Waals surface area contributed by atoms with Crippen LogP contribution in [0.2, 0.25) is 5.02 Å². The number of oxime groups is 1. The second kappa shape index (κ2) is 7.96. The molecule has 0 aromatic heterocycles. The minimum Gasteiger partial charge on any atom is -0.383 e. The van der Waals surface area contributed by atoms with Crippen LogP contribution in [0.3, 0.4) is 0 Å². The Kier molecular flexibility index (Phi) is 5.98. The molecule has 0 bridgehead atoms. The molecule has 114 valence electrons. The Bertz CT molecular complexity index is 674. The molecule has 2 aromatic carbocycles. The minimum absolute atomic E-state index is 0.286. The molecule has 2 aromatic rings. The highest BCUT2D eigenvalue weighted by Gasteiger charge is 2.14. The van der Waals surface area contributed by atoms with Crippen molar-refractivity contribution >= 4 is 45.3 Å². The molecule has 2 rings (SSSR count). The van der Waals surface area contributed by atoms with Crippen LogP contribution in [0.4, 0.5) is 5.69 Å². The summed E-state index contributed by atoms with van der Waals surface area (Å²) in [6, 6.07) is 14.4. The van der Waals surface area contributed by atoms with Crippen molar-refractivity contribution in [1.82, 2.24) is 0 Å². The first-order valence-electron chi connectivity index (χ1n) is 6.56. The number of benzene rings is 2. The number of hydrogen-bond donors (Lipinski definition) is 1. The average Bonchev–Trinajstić information content (AvgIpc) is 2.51. The molecular formula is C16H14BrClN2O2. The van der Waals surface area contributed by atoms with Gasteiger partial charge >= 0.3 is 0 Å². The summed E-state index contributed by atoms with van der Waals surface area (Å²) in [5.74, 6) is -0.286. The zero-order chi connectivity index (χ0) is 15.9. The Balaban J connectivity index is 1.89. The van der Waals surface area contributed by atoms with E-state index in [9.17, 15) is 4.79 Å². The molecule has 1 N–H and O–H groups in total. The fraction of sp³-hybridized carbons (Fsp3) is 0.125. The number of amides is 1. The summed E-state index contributed by atoms with van der Waals surface area (Å²) >= 11 is 9.20. The van der Waals surface area contributed by atoms with E-state index in [1.807, 2.05) is 24.3 Å². The van der Waals surface area contributed by atoms with Gasteiger partial charge in [-0.25, -0.2) is 0 Å². The number of hydrogen-bond acceptors (Lipinski definition) is 3. The van der Waals surface area contributed by atoms with Crippen molar-refractivity contribution in [1.29, 1.82) is 0 Å². The lowest BCUT2D eigenvalue weighted by atomic mass is 10.2. The summed E-state index contributed by atoms with van der Waals surface area (Å²) in [4.78, 5) is 17.1. The van der Waals surface area contributed by atoms with Crippen molar-refractivity contribution in [3.8, 4) is 0 Å². The predicted octanol–water partition coefficient (Wildman–Crippen LogP) is 4.48. The molecule has 0 saturated heterocycles. The third kappa shape index (κ3) is 4.86. The monoisotopic (exact) mass is 380 g/mol. The Morgan fingerprint density at radius 3 is 2.64 bits per heavy atom. The van der Waals surface area contributed by atoms with Crippen molar-refractivity contribution in [2.45, 2.75) is 13.0 Å². The van der Waals surface area contributed by atoms with Crippen LogP contribution in [0.1, 0.15) is 12.5 Å². The second-order valence-electron chi connectivity index (χ2n) is 4.50. The van der Waals surface area contributed by atoms with Crippen LogP contribution in [-0.2, 0) is 9.63 Å². The molecule has 0 saturated carbocycles. The molecule has 1 atom stereocenters. The number of carbonyl (C=O) groups is 1. The molecule has 0 heterocycles. The maximum absolute atomic E-state index is 12.0. The van der Waals surface area contributed by atoms with Gasteiger partial charge in [-0.3, -0.25) is 4.79 Å². The summed E-state index contributed by atoms with van der Waals surface area (Å²) in [5, 5.41) is 7.18. The van der Waals surface area contributed by atoms with Crippen LogP contribution in [-0.4, -0.2) is 18.2 Å². The predicted molar refractivity (Wildman–Crippen MR) is 92.4 cm³/mol. The van der Waals surface area contributed by atoms with Gasteiger partial charge in [0.1, 0.15) is 0 Å². The van der Waals surface area contributed by atoms with Gasteiger partial charge in [0.15, 0.2) is 0 Å². The van der Waals surface area contributed by atoms with Gasteiger partial charge in [0, 0.05) is 20.7 Å². The molecule has 0 fully saturated rings. The quantitative estimate of drug-likeness (QED) is 0.613. The molecular weight excluding hydrogens is 368 g/mol. The zero-order valence-electron chi connectivity index (χ0n) is 11.8. The standard InChI is InChI=1S/C16H14BrClN2O2/c1-11(16(21)20-14-8-6-13(18)7-9-14)22-19-10-12-4-2-3-5-15(12)17/h2-11H,1H3,(H,20,21)/b19-10-/t11-/m1/s1. The molecule has 0 aliphatic rings. The summed E-state index contributed by atoms with van der Waals surface area (Å²) < 4.78 is 0.903. The molecule has 1 amide bonds. The minimum atomic E-state index is -0.714. The van der Waals surface area contributed by atoms with Crippen molar-refractivity contribution < 1.29 is 9.63 Å². The van der Waals surface area contributed by atoms with Crippen LogP contribution in [0, 0.1) is 0 Å². The van der Waals surface area contributed by atoms with Gasteiger partial charge in [-0.2, -0.15) is 0 Å². The largest absolute Gasteiger partial charge is 0.383 e. The maximum Gasteiger partial charge on any atom is 0.267 e.